The van der Waals surface area contributed by atoms with Gasteiger partial charge in [-0.25, -0.2) is 0 Å². The third-order valence-corrected chi connectivity index (χ3v) is 5.54. The fourth-order valence-corrected chi connectivity index (χ4v) is 3.78. The first kappa shape index (κ1) is 21.3. The molecule has 1 aliphatic heterocycles. The summed E-state index contributed by atoms with van der Waals surface area (Å²) in [6.45, 7) is 7.36. The highest BCUT2D eigenvalue weighted by Crippen LogP contribution is 2.28. The molecule has 2 aromatic carbocycles. The number of carbonyl (C=O) groups excluding carboxylic acids is 1. The van der Waals surface area contributed by atoms with Gasteiger partial charge in [0.25, 0.3) is 5.91 Å². The zero-order chi connectivity index (χ0) is 20.8. The summed E-state index contributed by atoms with van der Waals surface area (Å²) in [5.41, 5.74) is 3.00. The van der Waals surface area contributed by atoms with Crippen LogP contribution in [0.4, 0.5) is 5.69 Å². The Morgan fingerprint density at radius 2 is 1.86 bits per heavy atom. The SMILES string of the molecule is CC(C)CNC(=O)c1ccc(N(C)[C@H](CN2CC[C@H](O)C2)c2ccccc2)cc1. The van der Waals surface area contributed by atoms with Gasteiger partial charge in [-0.1, -0.05) is 44.2 Å². The van der Waals surface area contributed by atoms with Crippen LogP contribution in [0.15, 0.2) is 54.6 Å². The number of hydrogen-bond acceptors (Lipinski definition) is 4. The Balaban J connectivity index is 1.74. The number of likely N-dealkylation sites (tertiary alicyclic amines) is 1. The van der Waals surface area contributed by atoms with Crippen molar-refractivity contribution in [3.05, 3.63) is 65.7 Å². The van der Waals surface area contributed by atoms with Gasteiger partial charge in [-0.15, -0.1) is 0 Å². The van der Waals surface area contributed by atoms with E-state index in [1.54, 1.807) is 0 Å². The van der Waals surface area contributed by atoms with Crippen molar-refractivity contribution in [3.8, 4) is 0 Å². The normalized spacial score (nSPS) is 18.0. The molecular formula is C24H33N3O2. The molecule has 0 spiro atoms. The summed E-state index contributed by atoms with van der Waals surface area (Å²) in [6.07, 6.45) is 0.617. The number of aliphatic hydroxyl groups excluding tert-OH is 1. The number of rotatable bonds is 8. The van der Waals surface area contributed by atoms with Crippen molar-refractivity contribution < 1.29 is 9.90 Å². The Kier molecular flexibility index (Phi) is 7.29. The highest BCUT2D eigenvalue weighted by molar-refractivity contribution is 5.94. The summed E-state index contributed by atoms with van der Waals surface area (Å²) >= 11 is 0. The zero-order valence-electron chi connectivity index (χ0n) is 17.7. The standard InChI is InChI=1S/C24H33N3O2/c1-18(2)15-25-24(29)20-9-11-21(12-10-20)26(3)23(19-7-5-4-6-8-19)17-27-14-13-22(28)16-27/h4-12,18,22-23,28H,13-17H2,1-3H3,(H,25,29)/t22-,23+/m0/s1. The predicted octanol–water partition coefficient (Wildman–Crippen LogP) is 3.32. The van der Waals surface area contributed by atoms with Crippen LogP contribution in [-0.2, 0) is 0 Å². The minimum Gasteiger partial charge on any atom is -0.392 e. The monoisotopic (exact) mass is 395 g/mol. The molecule has 0 unspecified atom stereocenters. The van der Waals surface area contributed by atoms with E-state index in [0.29, 0.717) is 18.0 Å². The summed E-state index contributed by atoms with van der Waals surface area (Å²) < 4.78 is 0. The molecule has 2 atom stereocenters. The predicted molar refractivity (Wildman–Crippen MR) is 118 cm³/mol. The third kappa shape index (κ3) is 5.81. The average molecular weight is 396 g/mol. The number of aliphatic hydroxyl groups is 1. The molecule has 1 aliphatic rings. The number of nitrogens with one attached hydrogen (secondary N) is 1. The topological polar surface area (TPSA) is 55.8 Å². The Hall–Kier alpha value is -2.37. The van der Waals surface area contributed by atoms with Crippen LogP contribution >= 0.6 is 0 Å². The number of amides is 1. The Bertz CT molecular complexity index is 776. The minimum atomic E-state index is -0.222. The Labute approximate surface area is 174 Å². The average Bonchev–Trinajstić information content (AvgIpc) is 3.15. The number of benzene rings is 2. The van der Waals surface area contributed by atoms with E-state index in [0.717, 1.165) is 31.7 Å². The molecule has 2 N–H and O–H groups in total. The number of carbonyl (C=O) groups is 1. The molecule has 5 heteroatoms. The molecule has 1 fully saturated rings. The van der Waals surface area contributed by atoms with Crippen LogP contribution in [0.1, 0.15) is 42.2 Å². The molecule has 0 bridgehead atoms. The molecule has 29 heavy (non-hydrogen) atoms. The maximum absolute atomic E-state index is 12.3. The quantitative estimate of drug-likeness (QED) is 0.720. The Morgan fingerprint density at radius 1 is 1.17 bits per heavy atom. The lowest BCUT2D eigenvalue weighted by molar-refractivity contribution is 0.0949. The Morgan fingerprint density at radius 3 is 2.45 bits per heavy atom. The lowest BCUT2D eigenvalue weighted by Gasteiger charge is -2.33. The van der Waals surface area contributed by atoms with Gasteiger partial charge in [0.05, 0.1) is 12.1 Å². The van der Waals surface area contributed by atoms with Crippen LogP contribution in [0, 0.1) is 5.92 Å². The highest BCUT2D eigenvalue weighted by Gasteiger charge is 2.26. The second kappa shape index (κ2) is 9.90. The van der Waals surface area contributed by atoms with E-state index in [9.17, 15) is 9.90 Å². The summed E-state index contributed by atoms with van der Waals surface area (Å²) in [5.74, 6) is 0.402. The summed E-state index contributed by atoms with van der Waals surface area (Å²) in [7, 11) is 2.10. The van der Waals surface area contributed by atoms with E-state index in [1.807, 2.05) is 30.3 Å². The molecule has 0 saturated carbocycles. The number of anilines is 1. The van der Waals surface area contributed by atoms with Gasteiger partial charge in [0.1, 0.15) is 0 Å². The number of hydrogen-bond donors (Lipinski definition) is 2. The van der Waals surface area contributed by atoms with E-state index < -0.39 is 0 Å². The van der Waals surface area contributed by atoms with Crippen molar-refractivity contribution in [2.24, 2.45) is 5.92 Å². The van der Waals surface area contributed by atoms with Crippen LogP contribution in [-0.4, -0.2) is 55.2 Å². The van der Waals surface area contributed by atoms with Gasteiger partial charge in [0.2, 0.25) is 0 Å². The van der Waals surface area contributed by atoms with Crippen LogP contribution in [0.25, 0.3) is 0 Å². The molecule has 1 saturated heterocycles. The van der Waals surface area contributed by atoms with Gasteiger partial charge >= 0.3 is 0 Å². The highest BCUT2D eigenvalue weighted by atomic mass is 16.3. The summed E-state index contributed by atoms with van der Waals surface area (Å²) in [6, 6.07) is 18.5. The fourth-order valence-electron chi connectivity index (χ4n) is 3.78. The molecule has 1 heterocycles. The van der Waals surface area contributed by atoms with Crippen LogP contribution in [0.2, 0.25) is 0 Å². The first-order valence-electron chi connectivity index (χ1n) is 10.5. The van der Waals surface area contributed by atoms with Gasteiger partial charge in [-0.05, 0) is 42.2 Å². The lowest BCUT2D eigenvalue weighted by atomic mass is 10.0. The molecule has 5 nitrogen and oxygen atoms in total. The third-order valence-electron chi connectivity index (χ3n) is 5.54. The van der Waals surface area contributed by atoms with Gasteiger partial charge < -0.3 is 15.3 Å². The largest absolute Gasteiger partial charge is 0.392 e. The van der Waals surface area contributed by atoms with Crippen LogP contribution in [0.5, 0.6) is 0 Å². The number of nitrogens with zero attached hydrogens (tertiary/aromatic N) is 2. The van der Waals surface area contributed by atoms with Gasteiger partial charge in [-0.2, -0.15) is 0 Å². The molecular weight excluding hydrogens is 362 g/mol. The van der Waals surface area contributed by atoms with Crippen molar-refractivity contribution in [1.82, 2.24) is 10.2 Å². The molecule has 0 aromatic heterocycles. The molecule has 3 rings (SSSR count). The molecule has 0 radical (unpaired) electrons. The van der Waals surface area contributed by atoms with Crippen molar-refractivity contribution in [3.63, 3.8) is 0 Å². The van der Waals surface area contributed by atoms with E-state index in [-0.39, 0.29) is 18.1 Å². The fraction of sp³-hybridized carbons (Fsp3) is 0.458. The summed E-state index contributed by atoms with van der Waals surface area (Å²) in [5, 5.41) is 12.9. The molecule has 1 amide bonds. The first-order valence-corrected chi connectivity index (χ1v) is 10.5. The van der Waals surface area contributed by atoms with E-state index in [2.05, 4.69) is 60.3 Å². The van der Waals surface area contributed by atoms with E-state index in [4.69, 9.17) is 0 Å². The molecule has 0 aliphatic carbocycles. The second-order valence-corrected chi connectivity index (χ2v) is 8.39. The van der Waals surface area contributed by atoms with Crippen molar-refractivity contribution in [1.29, 1.82) is 0 Å². The van der Waals surface area contributed by atoms with Gasteiger partial charge in [0, 0.05) is 44.5 Å². The maximum Gasteiger partial charge on any atom is 0.251 e. The van der Waals surface area contributed by atoms with Crippen LogP contribution < -0.4 is 10.2 Å². The van der Waals surface area contributed by atoms with Crippen molar-refractivity contribution in [2.45, 2.75) is 32.4 Å². The zero-order valence-corrected chi connectivity index (χ0v) is 17.7. The minimum absolute atomic E-state index is 0.0291. The van der Waals surface area contributed by atoms with E-state index in [1.165, 1.54) is 5.56 Å². The smallest absolute Gasteiger partial charge is 0.251 e. The number of β-amino-alcohol motifs (C(OH)–C–C–N with tert-alkyl or cyclic N) is 1. The van der Waals surface area contributed by atoms with Crippen LogP contribution in [0.3, 0.4) is 0 Å². The summed E-state index contributed by atoms with van der Waals surface area (Å²) in [4.78, 5) is 16.9. The second-order valence-electron chi connectivity index (χ2n) is 8.39. The van der Waals surface area contributed by atoms with Gasteiger partial charge in [-0.3, -0.25) is 9.69 Å². The molecule has 156 valence electrons. The molecule has 2 aromatic rings. The number of likely N-dealkylation sites (N-methyl/N-ethyl adjacent to an activating group) is 1. The van der Waals surface area contributed by atoms with E-state index >= 15 is 0 Å². The van der Waals surface area contributed by atoms with Crippen molar-refractivity contribution >= 4 is 11.6 Å². The first-order chi connectivity index (χ1) is 13.9. The van der Waals surface area contributed by atoms with Gasteiger partial charge in [0.15, 0.2) is 0 Å². The lowest BCUT2D eigenvalue weighted by Crippen LogP contribution is -2.36. The maximum atomic E-state index is 12.3. The van der Waals surface area contributed by atoms with Crippen molar-refractivity contribution in [2.75, 3.05) is 38.1 Å².